The zero-order valence-electron chi connectivity index (χ0n) is 15.0. The maximum absolute atomic E-state index is 12.7. The number of aryl methyl sites for hydroxylation is 1. The molecule has 132 valence electrons. The van der Waals surface area contributed by atoms with Crippen LogP contribution >= 0.6 is 0 Å². The molecule has 2 aromatic heterocycles. The molecule has 0 amide bonds. The summed E-state index contributed by atoms with van der Waals surface area (Å²) < 4.78 is 3.22. The largest absolute Gasteiger partial charge is 0.307 e. The first-order chi connectivity index (χ1) is 12.5. The van der Waals surface area contributed by atoms with Crippen LogP contribution in [0.5, 0.6) is 0 Å². The van der Waals surface area contributed by atoms with E-state index in [1.807, 2.05) is 44.2 Å². The molecule has 0 fully saturated rings. The summed E-state index contributed by atoms with van der Waals surface area (Å²) in [6, 6.07) is 11.5. The first kappa shape index (κ1) is 17.6. The van der Waals surface area contributed by atoms with Gasteiger partial charge in [-0.25, -0.2) is 0 Å². The molecular formula is C21H21N3O2. The minimum Gasteiger partial charge on any atom is -0.307 e. The van der Waals surface area contributed by atoms with Crippen LogP contribution in [0.25, 0.3) is 6.08 Å². The number of rotatable bonds is 6. The highest BCUT2D eigenvalue weighted by atomic mass is 16.1. The number of pyridine rings is 1. The molecular weight excluding hydrogens is 326 g/mol. The average molecular weight is 347 g/mol. The first-order valence-electron chi connectivity index (χ1n) is 8.42. The van der Waals surface area contributed by atoms with Gasteiger partial charge in [0.25, 0.3) is 5.56 Å². The van der Waals surface area contributed by atoms with Crippen molar-refractivity contribution in [3.05, 3.63) is 93.7 Å². The Morgan fingerprint density at radius 1 is 1.23 bits per heavy atom. The van der Waals surface area contributed by atoms with Crippen LogP contribution in [0.15, 0.2) is 60.2 Å². The molecule has 0 atom stereocenters. The average Bonchev–Trinajstić information content (AvgIpc) is 2.99. The summed E-state index contributed by atoms with van der Waals surface area (Å²) in [6.07, 6.45) is 4.93. The van der Waals surface area contributed by atoms with Gasteiger partial charge in [-0.2, -0.15) is 5.10 Å². The van der Waals surface area contributed by atoms with Crippen molar-refractivity contribution in [1.82, 2.24) is 14.3 Å². The summed E-state index contributed by atoms with van der Waals surface area (Å²) in [5.74, 6) is -0.136. The van der Waals surface area contributed by atoms with Gasteiger partial charge in [-0.1, -0.05) is 43.0 Å². The van der Waals surface area contributed by atoms with E-state index in [1.54, 1.807) is 23.2 Å². The van der Waals surface area contributed by atoms with Crippen molar-refractivity contribution < 1.29 is 4.79 Å². The molecule has 0 N–H and O–H groups in total. The normalized spacial score (nSPS) is 10.7. The number of hydrogen-bond acceptors (Lipinski definition) is 3. The Bertz CT molecular complexity index is 1010. The van der Waals surface area contributed by atoms with Gasteiger partial charge < -0.3 is 4.57 Å². The molecule has 0 aliphatic rings. The van der Waals surface area contributed by atoms with Crippen LogP contribution in [0.2, 0.25) is 0 Å². The Kier molecular flexibility index (Phi) is 4.98. The molecule has 0 saturated carbocycles. The maximum Gasteiger partial charge on any atom is 0.251 e. The molecule has 0 saturated heterocycles. The lowest BCUT2D eigenvalue weighted by atomic mass is 10.1. The lowest BCUT2D eigenvalue weighted by Gasteiger charge is -2.09. The number of carbonyl (C=O) groups is 1. The zero-order valence-corrected chi connectivity index (χ0v) is 15.0. The number of nitrogens with zero attached hydrogens (tertiary/aromatic N) is 3. The van der Waals surface area contributed by atoms with Crippen molar-refractivity contribution in [2.24, 2.45) is 0 Å². The van der Waals surface area contributed by atoms with Gasteiger partial charge in [0, 0.05) is 18.0 Å². The first-order valence-corrected chi connectivity index (χ1v) is 8.42. The Hall–Kier alpha value is -3.21. The fourth-order valence-electron chi connectivity index (χ4n) is 2.90. The summed E-state index contributed by atoms with van der Waals surface area (Å²) in [5.41, 5.74) is 3.94. The van der Waals surface area contributed by atoms with Crippen LogP contribution in [0.4, 0.5) is 0 Å². The van der Waals surface area contributed by atoms with E-state index in [0.717, 1.165) is 22.4 Å². The topological polar surface area (TPSA) is 56.9 Å². The monoisotopic (exact) mass is 347 g/mol. The number of Topliss-reactive ketones (excluding diaryl/α,β-unsaturated/α-hetero) is 1. The lowest BCUT2D eigenvalue weighted by Crippen LogP contribution is -2.24. The summed E-state index contributed by atoms with van der Waals surface area (Å²) >= 11 is 0. The van der Waals surface area contributed by atoms with E-state index in [9.17, 15) is 9.59 Å². The van der Waals surface area contributed by atoms with Crippen molar-refractivity contribution in [3.63, 3.8) is 0 Å². The van der Waals surface area contributed by atoms with E-state index in [0.29, 0.717) is 12.1 Å². The minimum atomic E-state index is -0.198. The highest BCUT2D eigenvalue weighted by Gasteiger charge is 2.16. The summed E-state index contributed by atoms with van der Waals surface area (Å²) in [6.45, 7) is 8.05. The second-order valence-electron chi connectivity index (χ2n) is 6.29. The highest BCUT2D eigenvalue weighted by molar-refractivity contribution is 5.96. The van der Waals surface area contributed by atoms with Crippen LogP contribution in [0.3, 0.4) is 0 Å². The summed E-state index contributed by atoms with van der Waals surface area (Å²) in [5, 5.41) is 4.34. The Morgan fingerprint density at radius 2 is 1.96 bits per heavy atom. The zero-order chi connectivity index (χ0) is 18.7. The maximum atomic E-state index is 12.7. The van der Waals surface area contributed by atoms with Crippen LogP contribution in [-0.2, 0) is 13.1 Å². The molecule has 2 heterocycles. The number of benzene rings is 1. The smallest absolute Gasteiger partial charge is 0.251 e. The van der Waals surface area contributed by atoms with Crippen molar-refractivity contribution >= 4 is 11.9 Å². The van der Waals surface area contributed by atoms with Gasteiger partial charge in [0.05, 0.1) is 24.8 Å². The van der Waals surface area contributed by atoms with Crippen LogP contribution in [0.1, 0.15) is 32.7 Å². The van der Waals surface area contributed by atoms with Crippen molar-refractivity contribution in [2.45, 2.75) is 26.9 Å². The van der Waals surface area contributed by atoms with E-state index in [4.69, 9.17) is 0 Å². The SMILES string of the molecule is C=Cc1cn(CC(=O)c2cnn(Cc3ccccc3)c2C)c(=O)cc1C. The van der Waals surface area contributed by atoms with E-state index in [2.05, 4.69) is 11.7 Å². The standard InChI is InChI=1S/C21H21N3O2/c1-4-18-13-23(21(26)10-15(18)2)14-20(25)19-11-22-24(16(19)3)12-17-8-6-5-7-9-17/h4-11,13H,1,12,14H2,2-3H3. The predicted octanol–water partition coefficient (Wildman–Crippen LogP) is 3.24. The number of aromatic nitrogens is 3. The quantitative estimate of drug-likeness (QED) is 0.643. The van der Waals surface area contributed by atoms with Gasteiger partial charge >= 0.3 is 0 Å². The van der Waals surface area contributed by atoms with Crippen LogP contribution in [-0.4, -0.2) is 20.1 Å². The summed E-state index contributed by atoms with van der Waals surface area (Å²) in [7, 11) is 0. The lowest BCUT2D eigenvalue weighted by molar-refractivity contribution is 0.0970. The second-order valence-corrected chi connectivity index (χ2v) is 6.29. The Balaban J connectivity index is 1.83. The van der Waals surface area contributed by atoms with Gasteiger partial charge in [-0.05, 0) is 30.5 Å². The third-order valence-electron chi connectivity index (χ3n) is 4.49. The van der Waals surface area contributed by atoms with Crippen molar-refractivity contribution in [2.75, 3.05) is 0 Å². The fourth-order valence-corrected chi connectivity index (χ4v) is 2.90. The van der Waals surface area contributed by atoms with Gasteiger partial charge in [0.15, 0.2) is 5.78 Å². The van der Waals surface area contributed by atoms with E-state index >= 15 is 0 Å². The fraction of sp³-hybridized carbons (Fsp3) is 0.190. The summed E-state index contributed by atoms with van der Waals surface area (Å²) in [4.78, 5) is 24.9. The van der Waals surface area contributed by atoms with Crippen molar-refractivity contribution in [1.29, 1.82) is 0 Å². The molecule has 26 heavy (non-hydrogen) atoms. The molecule has 5 heteroatoms. The molecule has 0 spiro atoms. The number of hydrogen-bond donors (Lipinski definition) is 0. The molecule has 0 radical (unpaired) electrons. The van der Waals surface area contributed by atoms with E-state index in [-0.39, 0.29) is 17.9 Å². The van der Waals surface area contributed by atoms with Crippen molar-refractivity contribution in [3.8, 4) is 0 Å². The van der Waals surface area contributed by atoms with Crippen LogP contribution in [0, 0.1) is 13.8 Å². The molecule has 5 nitrogen and oxygen atoms in total. The molecule has 0 unspecified atom stereocenters. The third-order valence-corrected chi connectivity index (χ3v) is 4.49. The van der Waals surface area contributed by atoms with E-state index < -0.39 is 0 Å². The highest BCUT2D eigenvalue weighted by Crippen LogP contribution is 2.12. The third kappa shape index (κ3) is 3.57. The minimum absolute atomic E-state index is 0.0160. The molecule has 3 rings (SSSR count). The predicted molar refractivity (Wildman–Crippen MR) is 102 cm³/mol. The number of ketones is 1. The van der Waals surface area contributed by atoms with Gasteiger partial charge in [-0.3, -0.25) is 14.3 Å². The van der Waals surface area contributed by atoms with Gasteiger partial charge in [0.2, 0.25) is 0 Å². The molecule has 0 aliphatic heterocycles. The van der Waals surface area contributed by atoms with Crippen LogP contribution < -0.4 is 5.56 Å². The molecule has 1 aromatic carbocycles. The van der Waals surface area contributed by atoms with Gasteiger partial charge in [-0.15, -0.1) is 0 Å². The molecule has 0 aliphatic carbocycles. The van der Waals surface area contributed by atoms with Gasteiger partial charge in [0.1, 0.15) is 0 Å². The van der Waals surface area contributed by atoms with E-state index in [1.165, 1.54) is 10.6 Å². The molecule has 0 bridgehead atoms. The number of carbonyl (C=O) groups excluding carboxylic acids is 1. The Labute approximate surface area is 152 Å². The Morgan fingerprint density at radius 3 is 2.65 bits per heavy atom. The second kappa shape index (κ2) is 7.35. The molecule has 3 aromatic rings.